The van der Waals surface area contributed by atoms with Gasteiger partial charge in [-0.25, -0.2) is 18.6 Å². The lowest BCUT2D eigenvalue weighted by atomic mass is 9.96. The molecule has 3 aromatic rings. The molecular formula is C22H24FN5OS. The Morgan fingerprint density at radius 3 is 2.60 bits per heavy atom. The van der Waals surface area contributed by atoms with Crippen LogP contribution < -0.4 is 15.9 Å². The number of nitrogens with two attached hydrogens (primary N) is 1. The number of hydrogen-bond acceptors (Lipinski definition) is 5. The monoisotopic (exact) mass is 425 g/mol. The number of rotatable bonds is 5. The number of halogens is 1. The predicted molar refractivity (Wildman–Crippen MR) is 119 cm³/mol. The van der Waals surface area contributed by atoms with Crippen LogP contribution in [-0.4, -0.2) is 21.2 Å². The fourth-order valence-electron chi connectivity index (χ4n) is 3.39. The molecule has 0 amide bonds. The number of aromatic nitrogens is 1. The van der Waals surface area contributed by atoms with E-state index in [0.29, 0.717) is 10.6 Å². The largest absolute Gasteiger partial charge is 0.310 e. The Morgan fingerprint density at radius 1 is 1.20 bits per heavy atom. The van der Waals surface area contributed by atoms with Crippen molar-refractivity contribution in [2.45, 2.75) is 30.8 Å². The van der Waals surface area contributed by atoms with E-state index in [1.54, 1.807) is 6.07 Å². The zero-order chi connectivity index (χ0) is 21.4. The van der Waals surface area contributed by atoms with Crippen LogP contribution in [0.3, 0.4) is 0 Å². The smallest absolute Gasteiger partial charge is 0.150 e. The first kappa shape index (κ1) is 20.5. The molecule has 6 nitrogen and oxygen atoms in total. The molecule has 0 saturated heterocycles. The van der Waals surface area contributed by atoms with Crippen LogP contribution in [0.15, 0.2) is 59.5 Å². The standard InChI is InChI=1S/C22H24FN5OS/c1-13(2)19-12-18(20-21(24)28(3)26-22(20)25-19)14-7-9-16(10-8-14)27-30(29)17-6-4-5-15(23)11-17/h4-13,21,27H,24H2,1-3H3,(H,25,26). The molecule has 2 heterocycles. The highest BCUT2D eigenvalue weighted by Crippen LogP contribution is 2.39. The third-order valence-electron chi connectivity index (χ3n) is 5.08. The molecule has 0 spiro atoms. The second kappa shape index (κ2) is 8.14. The van der Waals surface area contributed by atoms with Gasteiger partial charge in [0.15, 0.2) is 0 Å². The van der Waals surface area contributed by atoms with Crippen LogP contribution in [0.5, 0.6) is 0 Å². The Labute approximate surface area is 177 Å². The van der Waals surface area contributed by atoms with Crippen LogP contribution in [0, 0.1) is 5.82 Å². The summed E-state index contributed by atoms with van der Waals surface area (Å²) in [5, 5.41) is 1.84. The Kier molecular flexibility index (Phi) is 5.55. The maximum atomic E-state index is 13.4. The van der Waals surface area contributed by atoms with E-state index in [-0.39, 0.29) is 12.1 Å². The molecule has 0 radical (unpaired) electrons. The van der Waals surface area contributed by atoms with Crippen LogP contribution >= 0.6 is 0 Å². The van der Waals surface area contributed by atoms with Crippen molar-refractivity contribution in [3.05, 3.63) is 71.7 Å². The van der Waals surface area contributed by atoms with Gasteiger partial charge in [0.1, 0.15) is 28.8 Å². The van der Waals surface area contributed by atoms with Crippen molar-refractivity contribution in [1.29, 1.82) is 0 Å². The zero-order valence-corrected chi connectivity index (χ0v) is 17.8. The van der Waals surface area contributed by atoms with E-state index in [2.05, 4.69) is 30.1 Å². The van der Waals surface area contributed by atoms with Crippen LogP contribution in [0.25, 0.3) is 11.1 Å². The molecule has 0 aliphatic carbocycles. The van der Waals surface area contributed by atoms with Gasteiger partial charge in [0.25, 0.3) is 0 Å². The van der Waals surface area contributed by atoms with Gasteiger partial charge in [-0.15, -0.1) is 0 Å². The molecule has 2 aromatic carbocycles. The van der Waals surface area contributed by atoms with Gasteiger partial charge in [-0.2, -0.15) is 0 Å². The number of fused-ring (bicyclic) bond motifs is 1. The highest BCUT2D eigenvalue weighted by Gasteiger charge is 2.29. The average Bonchev–Trinajstić information content (AvgIpc) is 3.01. The van der Waals surface area contributed by atoms with E-state index in [1.807, 2.05) is 36.3 Å². The number of hydrogen-bond donors (Lipinski definition) is 3. The summed E-state index contributed by atoms with van der Waals surface area (Å²) < 4.78 is 28.8. The number of anilines is 2. The topological polar surface area (TPSA) is 83.3 Å². The number of nitrogens with one attached hydrogen (secondary N) is 2. The van der Waals surface area contributed by atoms with Gasteiger partial charge in [-0.1, -0.05) is 32.0 Å². The molecule has 1 aliphatic heterocycles. The van der Waals surface area contributed by atoms with E-state index >= 15 is 0 Å². The molecule has 1 aliphatic rings. The van der Waals surface area contributed by atoms with E-state index in [9.17, 15) is 8.60 Å². The molecule has 0 saturated carbocycles. The third kappa shape index (κ3) is 3.94. The minimum Gasteiger partial charge on any atom is -0.310 e. The summed E-state index contributed by atoms with van der Waals surface area (Å²) in [5.74, 6) is 0.633. The second-order valence-corrected chi connectivity index (χ2v) is 8.80. The van der Waals surface area contributed by atoms with Gasteiger partial charge < -0.3 is 15.9 Å². The molecule has 2 atom stereocenters. The number of nitrogens with zero attached hydrogens (tertiary/aromatic N) is 2. The van der Waals surface area contributed by atoms with Crippen molar-refractivity contribution >= 4 is 22.5 Å². The summed E-state index contributed by atoms with van der Waals surface area (Å²) in [4.78, 5) is 5.10. The molecule has 8 heteroatoms. The summed E-state index contributed by atoms with van der Waals surface area (Å²) in [6.07, 6.45) is -0.304. The van der Waals surface area contributed by atoms with Gasteiger partial charge in [0.05, 0.1) is 4.90 Å². The highest BCUT2D eigenvalue weighted by atomic mass is 32.2. The number of pyridine rings is 1. The molecule has 1 aromatic heterocycles. The highest BCUT2D eigenvalue weighted by molar-refractivity contribution is 7.86. The average molecular weight is 426 g/mol. The lowest BCUT2D eigenvalue weighted by Gasteiger charge is -2.16. The van der Waals surface area contributed by atoms with Crippen molar-refractivity contribution in [3.63, 3.8) is 0 Å². The molecular weight excluding hydrogens is 401 g/mol. The van der Waals surface area contributed by atoms with Crippen LogP contribution in [0.2, 0.25) is 0 Å². The number of benzene rings is 2. The maximum Gasteiger partial charge on any atom is 0.150 e. The van der Waals surface area contributed by atoms with Crippen molar-refractivity contribution < 1.29 is 8.60 Å². The van der Waals surface area contributed by atoms with Gasteiger partial charge in [-0.05, 0) is 53.4 Å². The van der Waals surface area contributed by atoms with E-state index in [1.165, 1.54) is 18.2 Å². The van der Waals surface area contributed by atoms with Gasteiger partial charge in [-0.3, -0.25) is 0 Å². The first-order valence-corrected chi connectivity index (χ1v) is 10.8. The number of hydrazine groups is 1. The SMILES string of the molecule is CC(C)c1cc(-c2ccc(NS(=O)c3cccc(F)c3)cc2)c2c(n1)NN(C)C2N. The predicted octanol–water partition coefficient (Wildman–Crippen LogP) is 4.38. The summed E-state index contributed by atoms with van der Waals surface area (Å²) in [7, 11) is 0.336. The molecule has 156 valence electrons. The summed E-state index contributed by atoms with van der Waals surface area (Å²) >= 11 is 0. The van der Waals surface area contributed by atoms with E-state index in [0.717, 1.165) is 28.2 Å². The summed E-state index contributed by atoms with van der Waals surface area (Å²) in [5.41, 5.74) is 14.2. The molecule has 30 heavy (non-hydrogen) atoms. The first-order valence-electron chi connectivity index (χ1n) is 9.68. The Morgan fingerprint density at radius 2 is 1.93 bits per heavy atom. The van der Waals surface area contributed by atoms with E-state index in [4.69, 9.17) is 10.7 Å². The van der Waals surface area contributed by atoms with E-state index < -0.39 is 16.8 Å². The molecule has 0 bridgehead atoms. The Hall–Kier alpha value is -2.81. The normalized spacial score (nSPS) is 16.9. The van der Waals surface area contributed by atoms with Crippen molar-refractivity contribution in [1.82, 2.24) is 9.99 Å². The summed E-state index contributed by atoms with van der Waals surface area (Å²) in [6.45, 7) is 4.21. The summed E-state index contributed by atoms with van der Waals surface area (Å²) in [6, 6.07) is 15.4. The molecule has 4 N–H and O–H groups in total. The lowest BCUT2D eigenvalue weighted by Crippen LogP contribution is -2.28. The van der Waals surface area contributed by atoms with Crippen LogP contribution in [-0.2, 0) is 11.0 Å². The van der Waals surface area contributed by atoms with Gasteiger partial charge >= 0.3 is 0 Å². The lowest BCUT2D eigenvalue weighted by molar-refractivity contribution is 0.328. The second-order valence-electron chi connectivity index (χ2n) is 7.58. The zero-order valence-electron chi connectivity index (χ0n) is 17.0. The fourth-order valence-corrected chi connectivity index (χ4v) is 4.28. The quantitative estimate of drug-likeness (QED) is 0.565. The van der Waals surface area contributed by atoms with Gasteiger partial charge in [0.2, 0.25) is 0 Å². The van der Waals surface area contributed by atoms with Crippen molar-refractivity contribution in [3.8, 4) is 11.1 Å². The minimum atomic E-state index is -1.55. The van der Waals surface area contributed by atoms with Gasteiger partial charge in [0, 0.05) is 24.0 Å². The molecule has 4 rings (SSSR count). The third-order valence-corrected chi connectivity index (χ3v) is 6.19. The van der Waals surface area contributed by atoms with Crippen LogP contribution in [0.1, 0.15) is 37.2 Å². The van der Waals surface area contributed by atoms with Crippen molar-refractivity contribution in [2.75, 3.05) is 17.2 Å². The van der Waals surface area contributed by atoms with Crippen LogP contribution in [0.4, 0.5) is 15.9 Å². The minimum absolute atomic E-state index is 0.271. The Balaban J connectivity index is 1.64. The first-order chi connectivity index (χ1) is 14.3. The Bertz CT molecular complexity index is 1100. The van der Waals surface area contributed by atoms with Crippen molar-refractivity contribution in [2.24, 2.45) is 5.73 Å². The molecule has 2 unspecified atom stereocenters. The maximum absolute atomic E-state index is 13.4. The molecule has 0 fully saturated rings. The fraction of sp³-hybridized carbons (Fsp3) is 0.227.